The van der Waals surface area contributed by atoms with E-state index in [1.54, 1.807) is 0 Å². The lowest BCUT2D eigenvalue weighted by atomic mass is 10.2. The number of carbonyl (C=O) groups excluding carboxylic acids is 3. The molecule has 1 aliphatic heterocycles. The first-order valence-corrected chi connectivity index (χ1v) is 10.0. The van der Waals surface area contributed by atoms with Gasteiger partial charge >= 0.3 is 0 Å². The van der Waals surface area contributed by atoms with Crippen molar-refractivity contribution >= 4 is 29.5 Å². The summed E-state index contributed by atoms with van der Waals surface area (Å²) in [5.41, 5.74) is -0.413. The van der Waals surface area contributed by atoms with Crippen molar-refractivity contribution in [2.45, 2.75) is 19.1 Å². The van der Waals surface area contributed by atoms with Gasteiger partial charge in [0.2, 0.25) is 11.8 Å². The van der Waals surface area contributed by atoms with Crippen LogP contribution in [0.5, 0.6) is 5.75 Å². The lowest BCUT2D eigenvalue weighted by Crippen LogP contribution is -2.50. The average Bonchev–Trinajstić information content (AvgIpc) is 3.16. The highest BCUT2D eigenvalue weighted by atomic mass is 32.2. The highest BCUT2D eigenvalue weighted by Gasteiger charge is 2.35. The molecule has 1 saturated heterocycles. The van der Waals surface area contributed by atoms with E-state index in [0.717, 1.165) is 4.90 Å². The number of hydrogen-bond donors (Lipinski definition) is 1. The van der Waals surface area contributed by atoms with Crippen molar-refractivity contribution in [1.29, 1.82) is 0 Å². The molecule has 0 aromatic carbocycles. The molecule has 0 aliphatic carbocycles. The summed E-state index contributed by atoms with van der Waals surface area (Å²) >= 11 is 1.49. The van der Waals surface area contributed by atoms with Crippen LogP contribution < -0.4 is 4.74 Å². The summed E-state index contributed by atoms with van der Waals surface area (Å²) in [6, 6.07) is 0.733. The number of nitrogens with zero attached hydrogens (tertiary/aromatic N) is 4. The molecular weight excluding hydrogens is 403 g/mol. The summed E-state index contributed by atoms with van der Waals surface area (Å²) in [4.78, 5) is 44.4. The van der Waals surface area contributed by atoms with Crippen molar-refractivity contribution in [2.24, 2.45) is 0 Å². The fourth-order valence-electron chi connectivity index (χ4n) is 2.99. The highest BCUT2D eigenvalue weighted by Crippen LogP contribution is 2.22. The van der Waals surface area contributed by atoms with Crippen LogP contribution in [0.25, 0.3) is 0 Å². The molecule has 160 valence electrons. The largest absolute Gasteiger partial charge is 0.494 e. The van der Waals surface area contributed by atoms with E-state index in [4.69, 9.17) is 4.74 Å². The van der Waals surface area contributed by atoms with Gasteiger partial charge in [0.05, 0.1) is 19.1 Å². The third-order valence-electron chi connectivity index (χ3n) is 4.54. The van der Waals surface area contributed by atoms with Crippen LogP contribution in [0.4, 0.5) is 4.39 Å². The summed E-state index contributed by atoms with van der Waals surface area (Å²) in [6.45, 7) is 1.23. The highest BCUT2D eigenvalue weighted by molar-refractivity contribution is 7.99. The normalized spacial score (nSPS) is 17.0. The molecule has 2 heterocycles. The predicted molar refractivity (Wildman–Crippen MR) is 105 cm³/mol. The van der Waals surface area contributed by atoms with Crippen molar-refractivity contribution in [3.63, 3.8) is 0 Å². The average molecular weight is 428 g/mol. The molecule has 0 spiro atoms. The maximum atomic E-state index is 14.2. The number of ether oxygens (including phenoxy) is 1. The number of aliphatic hydroxyl groups excluding tert-OH is 1. The quantitative estimate of drug-likeness (QED) is 0.654. The third-order valence-corrected chi connectivity index (χ3v) is 5.55. The van der Waals surface area contributed by atoms with Crippen LogP contribution in [-0.4, -0.2) is 101 Å². The number of pyridine rings is 1. The van der Waals surface area contributed by atoms with Gasteiger partial charge in [0.1, 0.15) is 6.04 Å². The lowest BCUT2D eigenvalue weighted by molar-refractivity contribution is -0.142. The van der Waals surface area contributed by atoms with Gasteiger partial charge in [0.25, 0.3) is 5.91 Å². The number of amides is 3. The number of thioether (sulfide) groups is 1. The standard InChI is InChI=1S/C18H25FN4O5S/c1-11(24)23-10-29-9-13(23)17(26)21(2)7-12(25)8-22(3)18(27)16-15(19)14(28-4)5-6-20-16/h5-6,12-13,25H,7-10H2,1-4H3/t12?,13-/m0/s1. The number of carbonyl (C=O) groups is 3. The van der Waals surface area contributed by atoms with E-state index in [-0.39, 0.29) is 30.7 Å². The van der Waals surface area contributed by atoms with Crippen LogP contribution in [0.2, 0.25) is 0 Å². The summed E-state index contributed by atoms with van der Waals surface area (Å²) in [7, 11) is 4.21. The molecule has 9 nitrogen and oxygen atoms in total. The molecule has 0 bridgehead atoms. The van der Waals surface area contributed by atoms with Gasteiger partial charge in [-0.15, -0.1) is 11.8 Å². The molecule has 2 rings (SSSR count). The Balaban J connectivity index is 1.95. The molecule has 29 heavy (non-hydrogen) atoms. The Morgan fingerprint density at radius 1 is 1.38 bits per heavy atom. The molecule has 1 unspecified atom stereocenters. The van der Waals surface area contributed by atoms with Gasteiger partial charge in [-0.2, -0.15) is 0 Å². The third kappa shape index (κ3) is 5.36. The molecular formula is C18H25FN4O5S. The van der Waals surface area contributed by atoms with E-state index >= 15 is 0 Å². The topological polar surface area (TPSA) is 103 Å². The van der Waals surface area contributed by atoms with E-state index in [9.17, 15) is 23.9 Å². The zero-order chi connectivity index (χ0) is 21.7. The van der Waals surface area contributed by atoms with Crippen molar-refractivity contribution in [3.8, 4) is 5.75 Å². The number of methoxy groups -OCH3 is 1. The Morgan fingerprint density at radius 2 is 2.03 bits per heavy atom. The van der Waals surface area contributed by atoms with E-state index in [1.807, 2.05) is 0 Å². The van der Waals surface area contributed by atoms with Crippen LogP contribution in [0, 0.1) is 5.82 Å². The molecule has 1 fully saturated rings. The lowest BCUT2D eigenvalue weighted by Gasteiger charge is -2.29. The van der Waals surface area contributed by atoms with Gasteiger partial charge in [-0.3, -0.25) is 14.4 Å². The minimum absolute atomic E-state index is 0.0443. The van der Waals surface area contributed by atoms with E-state index in [2.05, 4.69) is 4.98 Å². The zero-order valence-corrected chi connectivity index (χ0v) is 17.6. The van der Waals surface area contributed by atoms with Crippen molar-refractivity contribution in [3.05, 3.63) is 23.8 Å². The first-order chi connectivity index (χ1) is 13.7. The molecule has 1 aliphatic rings. The molecule has 0 saturated carbocycles. The monoisotopic (exact) mass is 428 g/mol. The smallest absolute Gasteiger partial charge is 0.275 e. The van der Waals surface area contributed by atoms with Gasteiger partial charge in [-0.1, -0.05) is 0 Å². The second-order valence-electron chi connectivity index (χ2n) is 6.74. The molecule has 2 atom stereocenters. The van der Waals surface area contributed by atoms with Gasteiger partial charge in [0.15, 0.2) is 17.3 Å². The van der Waals surface area contributed by atoms with Gasteiger partial charge in [-0.05, 0) is 0 Å². The summed E-state index contributed by atoms with van der Waals surface area (Å²) in [6.07, 6.45) is 0.193. The Hall–Kier alpha value is -2.40. The maximum absolute atomic E-state index is 14.2. The van der Waals surface area contributed by atoms with Gasteiger partial charge in [0, 0.05) is 52.1 Å². The second kappa shape index (κ2) is 9.88. The van der Waals surface area contributed by atoms with Crippen molar-refractivity contribution < 1.29 is 28.6 Å². The SMILES string of the molecule is COc1ccnc(C(=O)N(C)CC(O)CN(C)C(=O)[C@@H]2CSCN2C(C)=O)c1F. The number of aliphatic hydroxyl groups is 1. The fourth-order valence-corrected chi connectivity index (χ4v) is 4.20. The first-order valence-electron chi connectivity index (χ1n) is 8.89. The molecule has 1 N–H and O–H groups in total. The van der Waals surface area contributed by atoms with Crippen molar-refractivity contribution in [2.75, 3.05) is 45.9 Å². The number of hydrogen-bond acceptors (Lipinski definition) is 7. The van der Waals surface area contributed by atoms with Crippen LogP contribution >= 0.6 is 11.8 Å². The van der Waals surface area contributed by atoms with Crippen LogP contribution in [0.15, 0.2) is 12.3 Å². The van der Waals surface area contributed by atoms with E-state index in [0.29, 0.717) is 11.6 Å². The van der Waals surface area contributed by atoms with Crippen LogP contribution in [0.1, 0.15) is 17.4 Å². The molecule has 11 heteroatoms. The molecule has 1 aromatic rings. The Labute approximate surface area is 172 Å². The second-order valence-corrected chi connectivity index (χ2v) is 7.74. The number of rotatable bonds is 7. The molecule has 0 radical (unpaired) electrons. The minimum Gasteiger partial charge on any atom is -0.494 e. The Bertz CT molecular complexity index is 781. The van der Waals surface area contributed by atoms with Crippen LogP contribution in [0.3, 0.4) is 0 Å². The molecule has 1 aromatic heterocycles. The Kier molecular flexibility index (Phi) is 7.80. The van der Waals surface area contributed by atoms with E-state index < -0.39 is 29.6 Å². The Morgan fingerprint density at radius 3 is 2.66 bits per heavy atom. The zero-order valence-electron chi connectivity index (χ0n) is 16.8. The summed E-state index contributed by atoms with van der Waals surface area (Å²) in [5, 5.41) is 10.3. The number of halogens is 1. The number of likely N-dealkylation sites (N-methyl/N-ethyl adjacent to an activating group) is 2. The van der Waals surface area contributed by atoms with E-state index in [1.165, 1.54) is 62.0 Å². The maximum Gasteiger partial charge on any atom is 0.275 e. The summed E-state index contributed by atoms with van der Waals surface area (Å²) < 4.78 is 19.1. The van der Waals surface area contributed by atoms with Crippen LogP contribution in [-0.2, 0) is 9.59 Å². The fraction of sp³-hybridized carbons (Fsp3) is 0.556. The number of aromatic nitrogens is 1. The van der Waals surface area contributed by atoms with Gasteiger partial charge in [-0.25, -0.2) is 9.37 Å². The predicted octanol–water partition coefficient (Wildman–Crippen LogP) is 0.0420. The first kappa shape index (κ1) is 22.9. The minimum atomic E-state index is -1.06. The molecule has 3 amide bonds. The van der Waals surface area contributed by atoms with Gasteiger partial charge < -0.3 is 24.5 Å². The van der Waals surface area contributed by atoms with Crippen molar-refractivity contribution in [1.82, 2.24) is 19.7 Å². The summed E-state index contributed by atoms with van der Waals surface area (Å²) in [5.74, 6) is -1.21.